The van der Waals surface area contributed by atoms with Crippen molar-refractivity contribution in [1.82, 2.24) is 5.16 Å². The number of hydrogen-bond acceptors (Lipinski definition) is 3. The summed E-state index contributed by atoms with van der Waals surface area (Å²) >= 11 is 3.49. The van der Waals surface area contributed by atoms with Gasteiger partial charge in [-0.25, -0.2) is 0 Å². The van der Waals surface area contributed by atoms with Crippen LogP contribution in [0, 0.1) is 13.8 Å². The lowest BCUT2D eigenvalue weighted by atomic mass is 9.97. The molecule has 3 nitrogen and oxygen atoms in total. The van der Waals surface area contributed by atoms with E-state index in [4.69, 9.17) is 10.3 Å². The van der Waals surface area contributed by atoms with Gasteiger partial charge in [-0.05, 0) is 37.1 Å². The largest absolute Gasteiger partial charge is 0.367 e. The second-order valence-corrected chi connectivity index (χ2v) is 6.01. The number of anilines is 1. The van der Waals surface area contributed by atoms with Crippen molar-refractivity contribution in [2.75, 3.05) is 5.73 Å². The highest BCUT2D eigenvalue weighted by molar-refractivity contribution is 9.10. The summed E-state index contributed by atoms with van der Waals surface area (Å²) in [4.78, 5) is 0. The van der Waals surface area contributed by atoms with Crippen molar-refractivity contribution in [1.29, 1.82) is 0 Å². The maximum Gasteiger partial charge on any atom is 0.230 e. The van der Waals surface area contributed by atoms with Gasteiger partial charge in [0.15, 0.2) is 0 Å². The third-order valence-electron chi connectivity index (χ3n) is 3.47. The summed E-state index contributed by atoms with van der Waals surface area (Å²) < 4.78 is 6.23. The lowest BCUT2D eigenvalue weighted by Crippen LogP contribution is -1.90. The molecular weight excluding hydrogens is 328 g/mol. The Balaban J connectivity index is 2.22. The average Bonchev–Trinajstić information content (AvgIpc) is 2.80. The van der Waals surface area contributed by atoms with Gasteiger partial charge in [0.1, 0.15) is 5.69 Å². The first-order valence-electron chi connectivity index (χ1n) is 6.65. The summed E-state index contributed by atoms with van der Waals surface area (Å²) in [6, 6.07) is 14.2. The van der Waals surface area contributed by atoms with Crippen LogP contribution in [0.2, 0.25) is 0 Å². The van der Waals surface area contributed by atoms with E-state index in [1.807, 2.05) is 24.3 Å². The highest BCUT2D eigenvalue weighted by Crippen LogP contribution is 2.38. The Morgan fingerprint density at radius 3 is 2.62 bits per heavy atom. The van der Waals surface area contributed by atoms with Crippen LogP contribution >= 0.6 is 15.9 Å². The molecular formula is C17H15BrN2O. The third-order valence-corrected chi connectivity index (χ3v) is 3.96. The molecule has 0 radical (unpaired) electrons. The Labute approximate surface area is 131 Å². The zero-order valence-corrected chi connectivity index (χ0v) is 13.4. The minimum absolute atomic E-state index is 0.336. The highest BCUT2D eigenvalue weighted by atomic mass is 79.9. The third kappa shape index (κ3) is 2.59. The van der Waals surface area contributed by atoms with E-state index >= 15 is 0 Å². The molecule has 2 aromatic carbocycles. The van der Waals surface area contributed by atoms with Crippen molar-refractivity contribution in [3.8, 4) is 22.4 Å². The van der Waals surface area contributed by atoms with Crippen LogP contribution in [0.5, 0.6) is 0 Å². The van der Waals surface area contributed by atoms with Crippen LogP contribution in [0.1, 0.15) is 11.1 Å². The molecule has 0 aliphatic carbocycles. The number of nitrogens with two attached hydrogens (primary N) is 1. The topological polar surface area (TPSA) is 52.0 Å². The monoisotopic (exact) mass is 342 g/mol. The van der Waals surface area contributed by atoms with Gasteiger partial charge in [0.05, 0.1) is 5.56 Å². The molecule has 0 unspecified atom stereocenters. The molecule has 1 aromatic heterocycles. The van der Waals surface area contributed by atoms with Crippen LogP contribution in [0.3, 0.4) is 0 Å². The van der Waals surface area contributed by atoms with Gasteiger partial charge in [0.2, 0.25) is 5.88 Å². The summed E-state index contributed by atoms with van der Waals surface area (Å²) in [7, 11) is 0. The van der Waals surface area contributed by atoms with Gasteiger partial charge in [0.25, 0.3) is 0 Å². The quantitative estimate of drug-likeness (QED) is 0.715. The fourth-order valence-corrected chi connectivity index (χ4v) is 2.89. The number of benzene rings is 2. The van der Waals surface area contributed by atoms with E-state index in [0.29, 0.717) is 5.88 Å². The minimum Gasteiger partial charge on any atom is -0.367 e. The SMILES string of the molecule is Cc1ccc(-c2noc(N)c2-c2cccc(Br)c2)c(C)c1. The zero-order chi connectivity index (χ0) is 15.0. The Morgan fingerprint density at radius 2 is 1.90 bits per heavy atom. The fourth-order valence-electron chi connectivity index (χ4n) is 2.49. The minimum atomic E-state index is 0.336. The molecule has 0 saturated heterocycles. The smallest absolute Gasteiger partial charge is 0.230 e. The van der Waals surface area contributed by atoms with E-state index in [1.165, 1.54) is 5.56 Å². The Kier molecular flexibility index (Phi) is 3.55. The van der Waals surface area contributed by atoms with Gasteiger partial charge in [-0.3, -0.25) is 0 Å². The maximum absolute atomic E-state index is 6.00. The lowest BCUT2D eigenvalue weighted by Gasteiger charge is -2.07. The van der Waals surface area contributed by atoms with Gasteiger partial charge in [-0.1, -0.05) is 57.0 Å². The van der Waals surface area contributed by atoms with Crippen molar-refractivity contribution >= 4 is 21.8 Å². The molecule has 3 rings (SSSR count). The van der Waals surface area contributed by atoms with E-state index < -0.39 is 0 Å². The van der Waals surface area contributed by atoms with Crippen molar-refractivity contribution < 1.29 is 4.52 Å². The number of nitrogen functional groups attached to an aromatic ring is 1. The molecule has 0 spiro atoms. The summed E-state index contributed by atoms with van der Waals surface area (Å²) in [6.07, 6.45) is 0. The molecule has 21 heavy (non-hydrogen) atoms. The molecule has 106 valence electrons. The molecule has 0 amide bonds. The summed E-state index contributed by atoms with van der Waals surface area (Å²) in [5.41, 5.74) is 12.0. The predicted molar refractivity (Wildman–Crippen MR) is 89.0 cm³/mol. The molecule has 4 heteroatoms. The molecule has 0 fully saturated rings. The van der Waals surface area contributed by atoms with Gasteiger partial charge in [-0.2, -0.15) is 0 Å². The van der Waals surface area contributed by atoms with Gasteiger partial charge >= 0.3 is 0 Å². The predicted octanol–water partition coefficient (Wildman–Crippen LogP) is 4.97. The highest BCUT2D eigenvalue weighted by Gasteiger charge is 2.18. The van der Waals surface area contributed by atoms with Crippen LogP contribution in [0.4, 0.5) is 5.88 Å². The van der Waals surface area contributed by atoms with Gasteiger partial charge < -0.3 is 10.3 Å². The van der Waals surface area contributed by atoms with Crippen molar-refractivity contribution in [2.45, 2.75) is 13.8 Å². The van der Waals surface area contributed by atoms with E-state index in [2.05, 4.69) is 53.1 Å². The Hall–Kier alpha value is -2.07. The molecule has 0 atom stereocenters. The Bertz CT molecular complexity index is 808. The van der Waals surface area contributed by atoms with Gasteiger partial charge in [-0.15, -0.1) is 0 Å². The van der Waals surface area contributed by atoms with Crippen LogP contribution in [-0.4, -0.2) is 5.16 Å². The summed E-state index contributed by atoms with van der Waals surface area (Å²) in [6.45, 7) is 4.14. The average molecular weight is 343 g/mol. The van der Waals surface area contributed by atoms with Crippen LogP contribution in [0.25, 0.3) is 22.4 Å². The normalized spacial score (nSPS) is 10.8. The molecule has 1 heterocycles. The zero-order valence-electron chi connectivity index (χ0n) is 11.9. The van der Waals surface area contributed by atoms with E-state index in [-0.39, 0.29) is 0 Å². The summed E-state index contributed by atoms with van der Waals surface area (Å²) in [5.74, 6) is 0.336. The van der Waals surface area contributed by atoms with Gasteiger partial charge in [0, 0.05) is 10.0 Å². The first kappa shape index (κ1) is 13.9. The lowest BCUT2D eigenvalue weighted by molar-refractivity contribution is 0.439. The number of aromatic nitrogens is 1. The standard InChI is InChI=1S/C17H15BrN2O/c1-10-6-7-14(11(2)8-10)16-15(17(19)21-20-16)12-4-3-5-13(18)9-12/h3-9H,19H2,1-2H3. The van der Waals surface area contributed by atoms with Crippen molar-refractivity contribution in [3.05, 3.63) is 58.1 Å². The first-order chi connectivity index (χ1) is 10.1. The molecule has 0 aliphatic rings. The van der Waals surface area contributed by atoms with Crippen LogP contribution in [0.15, 0.2) is 51.5 Å². The second-order valence-electron chi connectivity index (χ2n) is 5.10. The van der Waals surface area contributed by atoms with E-state index in [1.54, 1.807) is 0 Å². The van der Waals surface area contributed by atoms with Crippen molar-refractivity contribution in [3.63, 3.8) is 0 Å². The van der Waals surface area contributed by atoms with Crippen molar-refractivity contribution in [2.24, 2.45) is 0 Å². The fraction of sp³-hybridized carbons (Fsp3) is 0.118. The van der Waals surface area contributed by atoms with E-state index in [9.17, 15) is 0 Å². The van der Waals surface area contributed by atoms with Crippen LogP contribution in [-0.2, 0) is 0 Å². The maximum atomic E-state index is 6.00. The number of hydrogen-bond donors (Lipinski definition) is 1. The molecule has 0 aliphatic heterocycles. The van der Waals surface area contributed by atoms with E-state index in [0.717, 1.165) is 32.4 Å². The molecule has 0 saturated carbocycles. The molecule has 2 N–H and O–H groups in total. The number of rotatable bonds is 2. The molecule has 0 bridgehead atoms. The number of nitrogens with zero attached hydrogens (tertiary/aromatic N) is 1. The van der Waals surface area contributed by atoms with Crippen LogP contribution < -0.4 is 5.73 Å². The Morgan fingerprint density at radius 1 is 1.10 bits per heavy atom. The first-order valence-corrected chi connectivity index (χ1v) is 7.44. The molecule has 3 aromatic rings. The second kappa shape index (κ2) is 5.37. The number of aryl methyl sites for hydroxylation is 2. The number of halogens is 1. The summed E-state index contributed by atoms with van der Waals surface area (Å²) in [5, 5.41) is 4.17.